The molecule has 2 N–H and O–H groups in total. The maximum absolute atomic E-state index is 9.55. The van der Waals surface area contributed by atoms with Crippen LogP contribution in [0.2, 0.25) is 0 Å². The number of aliphatic hydroxyl groups excluding tert-OH is 1. The van der Waals surface area contributed by atoms with Crippen LogP contribution in [0.3, 0.4) is 0 Å². The maximum Gasteiger partial charge on any atom is 0.160 e. The standard InChI is InChI=1S/C14H21NO3.ClH/c1-18-14-7-11(4-5-13(14)17)8-15-6-2-3-12(9-15)10-16;/h4-5,7,12,16-17H,2-3,6,8-10H2,1H3;1H. The highest BCUT2D eigenvalue weighted by atomic mass is 35.5. The van der Waals surface area contributed by atoms with Crippen molar-refractivity contribution < 1.29 is 14.9 Å². The second-order valence-electron chi connectivity index (χ2n) is 4.93. The van der Waals surface area contributed by atoms with Gasteiger partial charge in [0.15, 0.2) is 11.5 Å². The molecule has 0 aliphatic carbocycles. The molecule has 1 aliphatic rings. The van der Waals surface area contributed by atoms with Gasteiger partial charge in [0.2, 0.25) is 0 Å². The first-order chi connectivity index (χ1) is 8.72. The molecule has 0 aromatic heterocycles. The Morgan fingerprint density at radius 3 is 2.89 bits per heavy atom. The van der Waals surface area contributed by atoms with E-state index in [-0.39, 0.29) is 24.8 Å². The van der Waals surface area contributed by atoms with Crippen LogP contribution in [0, 0.1) is 5.92 Å². The molecule has 4 nitrogen and oxygen atoms in total. The molecular weight excluding hydrogens is 266 g/mol. The number of halogens is 1. The normalized spacial score (nSPS) is 19.8. The second-order valence-corrected chi connectivity index (χ2v) is 4.93. The van der Waals surface area contributed by atoms with Crippen molar-refractivity contribution in [3.8, 4) is 11.5 Å². The van der Waals surface area contributed by atoms with Gasteiger partial charge < -0.3 is 14.9 Å². The first-order valence-corrected chi connectivity index (χ1v) is 6.42. The van der Waals surface area contributed by atoms with Crippen molar-refractivity contribution in [1.29, 1.82) is 0 Å². The number of hydrogen-bond acceptors (Lipinski definition) is 4. The third kappa shape index (κ3) is 4.27. The lowest BCUT2D eigenvalue weighted by atomic mass is 9.98. The molecule has 0 amide bonds. The fourth-order valence-electron chi connectivity index (χ4n) is 2.52. The SMILES string of the molecule is COc1cc(CN2CCCC(CO)C2)ccc1O.Cl. The third-order valence-electron chi connectivity index (χ3n) is 3.51. The highest BCUT2D eigenvalue weighted by Crippen LogP contribution is 2.27. The molecule has 5 heteroatoms. The molecular formula is C14H22ClNO3. The van der Waals surface area contributed by atoms with Crippen LogP contribution in [0.25, 0.3) is 0 Å². The van der Waals surface area contributed by atoms with Gasteiger partial charge in [0, 0.05) is 19.7 Å². The lowest BCUT2D eigenvalue weighted by Gasteiger charge is -2.31. The third-order valence-corrected chi connectivity index (χ3v) is 3.51. The van der Waals surface area contributed by atoms with E-state index < -0.39 is 0 Å². The number of phenols is 1. The number of aliphatic hydroxyl groups is 1. The predicted molar refractivity (Wildman–Crippen MR) is 77.0 cm³/mol. The topological polar surface area (TPSA) is 52.9 Å². The number of ether oxygens (including phenoxy) is 1. The summed E-state index contributed by atoms with van der Waals surface area (Å²) in [5, 5.41) is 18.8. The minimum atomic E-state index is 0. The van der Waals surface area contributed by atoms with E-state index in [4.69, 9.17) is 4.74 Å². The first-order valence-electron chi connectivity index (χ1n) is 6.42. The summed E-state index contributed by atoms with van der Waals surface area (Å²) in [4.78, 5) is 2.34. The molecule has 1 unspecified atom stereocenters. The zero-order chi connectivity index (χ0) is 13.0. The Hall–Kier alpha value is -0.970. The number of phenolic OH excluding ortho intramolecular Hbond substituents is 1. The number of hydrogen-bond donors (Lipinski definition) is 2. The van der Waals surface area contributed by atoms with Gasteiger partial charge in [-0.1, -0.05) is 6.07 Å². The number of methoxy groups -OCH3 is 1. The smallest absolute Gasteiger partial charge is 0.160 e. The van der Waals surface area contributed by atoms with E-state index in [2.05, 4.69) is 4.90 Å². The zero-order valence-corrected chi connectivity index (χ0v) is 12.0. The lowest BCUT2D eigenvalue weighted by Crippen LogP contribution is -2.36. The van der Waals surface area contributed by atoms with Crippen molar-refractivity contribution in [2.45, 2.75) is 19.4 Å². The van der Waals surface area contributed by atoms with Gasteiger partial charge in [-0.25, -0.2) is 0 Å². The average molecular weight is 288 g/mol. The van der Waals surface area contributed by atoms with E-state index in [9.17, 15) is 10.2 Å². The fraction of sp³-hybridized carbons (Fsp3) is 0.571. The van der Waals surface area contributed by atoms with Crippen molar-refractivity contribution in [3.05, 3.63) is 23.8 Å². The average Bonchev–Trinajstić information content (AvgIpc) is 2.41. The minimum absolute atomic E-state index is 0. The maximum atomic E-state index is 9.55. The molecule has 108 valence electrons. The Balaban J connectivity index is 0.00000180. The molecule has 0 spiro atoms. The van der Waals surface area contributed by atoms with Crippen molar-refractivity contribution in [1.82, 2.24) is 4.90 Å². The second kappa shape index (κ2) is 7.58. The van der Waals surface area contributed by atoms with Crippen LogP contribution in [-0.4, -0.2) is 41.9 Å². The van der Waals surface area contributed by atoms with Gasteiger partial charge in [-0.15, -0.1) is 12.4 Å². The summed E-state index contributed by atoms with van der Waals surface area (Å²) in [6, 6.07) is 5.46. The summed E-state index contributed by atoms with van der Waals surface area (Å²) in [7, 11) is 1.56. The fourth-order valence-corrected chi connectivity index (χ4v) is 2.52. The molecule has 0 radical (unpaired) electrons. The molecule has 1 aliphatic heterocycles. The van der Waals surface area contributed by atoms with Crippen LogP contribution in [0.1, 0.15) is 18.4 Å². The number of benzene rings is 1. The summed E-state index contributed by atoms with van der Waals surface area (Å²) in [5.74, 6) is 1.09. The Labute approximate surface area is 120 Å². The minimum Gasteiger partial charge on any atom is -0.504 e. The van der Waals surface area contributed by atoms with Crippen LogP contribution in [-0.2, 0) is 6.54 Å². The molecule has 1 aromatic rings. The summed E-state index contributed by atoms with van der Waals surface area (Å²) in [5.41, 5.74) is 1.13. The first kappa shape index (κ1) is 16.1. The molecule has 1 atom stereocenters. The number of likely N-dealkylation sites (tertiary alicyclic amines) is 1. The highest BCUT2D eigenvalue weighted by Gasteiger charge is 2.19. The van der Waals surface area contributed by atoms with Crippen LogP contribution >= 0.6 is 12.4 Å². The Bertz CT molecular complexity index is 400. The quantitative estimate of drug-likeness (QED) is 0.890. The van der Waals surface area contributed by atoms with E-state index in [0.29, 0.717) is 11.7 Å². The molecule has 0 bridgehead atoms. The van der Waals surface area contributed by atoms with E-state index >= 15 is 0 Å². The number of rotatable bonds is 4. The van der Waals surface area contributed by atoms with E-state index in [1.807, 2.05) is 12.1 Å². The Morgan fingerprint density at radius 2 is 2.21 bits per heavy atom. The molecule has 0 saturated carbocycles. The lowest BCUT2D eigenvalue weighted by molar-refractivity contribution is 0.116. The predicted octanol–water partition coefficient (Wildman–Crippen LogP) is 2.03. The summed E-state index contributed by atoms with van der Waals surface area (Å²) >= 11 is 0. The van der Waals surface area contributed by atoms with Gasteiger partial charge in [-0.3, -0.25) is 4.90 Å². The Morgan fingerprint density at radius 1 is 1.42 bits per heavy atom. The zero-order valence-electron chi connectivity index (χ0n) is 11.2. The molecule has 1 saturated heterocycles. The van der Waals surface area contributed by atoms with Crippen LogP contribution in [0.4, 0.5) is 0 Å². The van der Waals surface area contributed by atoms with Gasteiger partial charge >= 0.3 is 0 Å². The van der Waals surface area contributed by atoms with E-state index in [0.717, 1.165) is 38.0 Å². The summed E-state index contributed by atoms with van der Waals surface area (Å²) in [6.45, 7) is 3.13. The number of piperidine rings is 1. The monoisotopic (exact) mass is 287 g/mol. The van der Waals surface area contributed by atoms with Crippen molar-refractivity contribution >= 4 is 12.4 Å². The van der Waals surface area contributed by atoms with Crippen LogP contribution < -0.4 is 4.74 Å². The van der Waals surface area contributed by atoms with Crippen LogP contribution in [0.5, 0.6) is 11.5 Å². The molecule has 1 fully saturated rings. The van der Waals surface area contributed by atoms with E-state index in [1.165, 1.54) is 0 Å². The number of aromatic hydroxyl groups is 1. The Kier molecular flexibility index (Phi) is 6.42. The van der Waals surface area contributed by atoms with Crippen molar-refractivity contribution in [2.75, 3.05) is 26.8 Å². The highest BCUT2D eigenvalue weighted by molar-refractivity contribution is 5.85. The van der Waals surface area contributed by atoms with Gasteiger partial charge in [0.25, 0.3) is 0 Å². The molecule has 1 aromatic carbocycles. The largest absolute Gasteiger partial charge is 0.504 e. The van der Waals surface area contributed by atoms with Gasteiger partial charge in [-0.05, 0) is 43.0 Å². The van der Waals surface area contributed by atoms with Crippen molar-refractivity contribution in [2.24, 2.45) is 5.92 Å². The van der Waals surface area contributed by atoms with Crippen LogP contribution in [0.15, 0.2) is 18.2 Å². The van der Waals surface area contributed by atoms with Gasteiger partial charge in [0.1, 0.15) is 0 Å². The van der Waals surface area contributed by atoms with Crippen molar-refractivity contribution in [3.63, 3.8) is 0 Å². The van der Waals surface area contributed by atoms with E-state index in [1.54, 1.807) is 13.2 Å². The van der Waals surface area contributed by atoms with Gasteiger partial charge in [-0.2, -0.15) is 0 Å². The van der Waals surface area contributed by atoms with Gasteiger partial charge in [0.05, 0.1) is 7.11 Å². The molecule has 2 rings (SSSR count). The summed E-state index contributed by atoms with van der Waals surface area (Å²) < 4.78 is 5.11. The molecule has 19 heavy (non-hydrogen) atoms. The molecule has 1 heterocycles. The summed E-state index contributed by atoms with van der Waals surface area (Å²) in [6.07, 6.45) is 2.26. The number of nitrogens with zero attached hydrogens (tertiary/aromatic N) is 1.